The fraction of sp³-hybridized carbons (Fsp3) is 0.375. The van der Waals surface area contributed by atoms with Crippen LogP contribution in [0.25, 0.3) is 0 Å². The number of rotatable bonds is 2. The Morgan fingerprint density at radius 2 is 1.95 bits per heavy atom. The molecule has 1 heterocycles. The van der Waals surface area contributed by atoms with E-state index in [-0.39, 0.29) is 5.82 Å². The second-order valence-electron chi connectivity index (χ2n) is 5.23. The Morgan fingerprint density at radius 3 is 2.80 bits per heavy atom. The van der Waals surface area contributed by atoms with E-state index in [9.17, 15) is 9.50 Å². The number of aliphatic hydroxyl groups excluding tert-OH is 1. The van der Waals surface area contributed by atoms with Gasteiger partial charge in [-0.25, -0.2) is 4.39 Å². The van der Waals surface area contributed by atoms with Crippen molar-refractivity contribution >= 4 is 27.3 Å². The van der Waals surface area contributed by atoms with Crippen LogP contribution < -0.4 is 0 Å². The summed E-state index contributed by atoms with van der Waals surface area (Å²) in [6, 6.07) is 6.76. The summed E-state index contributed by atoms with van der Waals surface area (Å²) >= 11 is 4.96. The van der Waals surface area contributed by atoms with E-state index in [0.717, 1.165) is 22.2 Å². The van der Waals surface area contributed by atoms with Crippen LogP contribution in [0.2, 0.25) is 0 Å². The van der Waals surface area contributed by atoms with Crippen molar-refractivity contribution in [3.63, 3.8) is 0 Å². The lowest BCUT2D eigenvalue weighted by Crippen LogP contribution is -2.00. The Bertz CT molecular complexity index is 599. The van der Waals surface area contributed by atoms with Gasteiger partial charge >= 0.3 is 0 Å². The quantitative estimate of drug-likeness (QED) is 0.752. The van der Waals surface area contributed by atoms with E-state index in [4.69, 9.17) is 0 Å². The molecule has 0 fully saturated rings. The molecule has 20 heavy (non-hydrogen) atoms. The molecule has 1 aliphatic carbocycles. The molecule has 1 unspecified atom stereocenters. The molecule has 1 aromatic heterocycles. The first-order valence-electron chi connectivity index (χ1n) is 6.89. The highest BCUT2D eigenvalue weighted by molar-refractivity contribution is 9.10. The van der Waals surface area contributed by atoms with Gasteiger partial charge in [0, 0.05) is 19.8 Å². The highest BCUT2D eigenvalue weighted by atomic mass is 79.9. The minimum Gasteiger partial charge on any atom is -0.383 e. The van der Waals surface area contributed by atoms with Crippen LogP contribution in [0.3, 0.4) is 0 Å². The van der Waals surface area contributed by atoms with Crippen LogP contribution in [0.4, 0.5) is 4.39 Å². The van der Waals surface area contributed by atoms with Crippen molar-refractivity contribution in [2.45, 2.75) is 38.2 Å². The first kappa shape index (κ1) is 14.2. The molecule has 0 amide bonds. The summed E-state index contributed by atoms with van der Waals surface area (Å²) in [5, 5.41) is 10.5. The number of hydrogen-bond acceptors (Lipinski definition) is 2. The zero-order valence-corrected chi connectivity index (χ0v) is 13.4. The Kier molecular flexibility index (Phi) is 4.24. The fourth-order valence-corrected chi connectivity index (χ4v) is 4.34. The predicted molar refractivity (Wildman–Crippen MR) is 83.7 cm³/mol. The summed E-state index contributed by atoms with van der Waals surface area (Å²) in [5.74, 6) is -0.357. The van der Waals surface area contributed by atoms with Crippen molar-refractivity contribution in [1.29, 1.82) is 0 Å². The van der Waals surface area contributed by atoms with Gasteiger partial charge in [-0.1, -0.05) is 22.4 Å². The van der Waals surface area contributed by atoms with E-state index >= 15 is 0 Å². The summed E-state index contributed by atoms with van der Waals surface area (Å²) in [7, 11) is 0. The summed E-state index contributed by atoms with van der Waals surface area (Å²) in [4.78, 5) is 2.22. The molecule has 0 saturated carbocycles. The molecule has 3 rings (SSSR count). The standard InChI is InChI=1S/C16H16BrFOS/c17-11-6-7-13(18)12(9-11)16(19)15-8-10-4-2-1-3-5-14(10)20-15/h6-9,16,19H,1-5H2. The molecule has 1 nitrogen and oxygen atoms in total. The second-order valence-corrected chi connectivity index (χ2v) is 7.31. The molecule has 0 spiro atoms. The minimum atomic E-state index is -0.871. The smallest absolute Gasteiger partial charge is 0.129 e. The van der Waals surface area contributed by atoms with E-state index in [1.54, 1.807) is 23.5 Å². The number of hydrogen-bond donors (Lipinski definition) is 1. The lowest BCUT2D eigenvalue weighted by molar-refractivity contribution is 0.218. The van der Waals surface area contributed by atoms with Gasteiger partial charge in [-0.3, -0.25) is 0 Å². The molecule has 106 valence electrons. The van der Waals surface area contributed by atoms with E-state index in [1.807, 2.05) is 0 Å². The van der Waals surface area contributed by atoms with Crippen molar-refractivity contribution in [2.75, 3.05) is 0 Å². The number of aryl methyl sites for hydroxylation is 2. The number of fused-ring (bicyclic) bond motifs is 1. The Labute approximate surface area is 130 Å². The molecule has 0 saturated heterocycles. The molecule has 1 N–H and O–H groups in total. The Balaban J connectivity index is 1.94. The SMILES string of the molecule is OC(c1cc2c(s1)CCCCC2)c1cc(Br)ccc1F. The molecule has 0 bridgehead atoms. The number of thiophene rings is 1. The van der Waals surface area contributed by atoms with Gasteiger partial charge in [0.25, 0.3) is 0 Å². The van der Waals surface area contributed by atoms with Crippen LogP contribution >= 0.6 is 27.3 Å². The first-order chi connectivity index (χ1) is 9.65. The summed E-state index contributed by atoms with van der Waals surface area (Å²) < 4.78 is 14.7. The molecule has 4 heteroatoms. The van der Waals surface area contributed by atoms with Gasteiger partial charge < -0.3 is 5.11 Å². The molecule has 1 atom stereocenters. The number of aliphatic hydroxyl groups is 1. The van der Waals surface area contributed by atoms with Gasteiger partial charge in [0.15, 0.2) is 0 Å². The van der Waals surface area contributed by atoms with Gasteiger partial charge in [0.2, 0.25) is 0 Å². The lowest BCUT2D eigenvalue weighted by atomic mass is 10.1. The van der Waals surface area contributed by atoms with Crippen LogP contribution in [0.5, 0.6) is 0 Å². The lowest BCUT2D eigenvalue weighted by Gasteiger charge is -2.10. The van der Waals surface area contributed by atoms with Crippen molar-refractivity contribution < 1.29 is 9.50 Å². The molecule has 1 aromatic carbocycles. The van der Waals surface area contributed by atoms with Crippen molar-refractivity contribution in [1.82, 2.24) is 0 Å². The van der Waals surface area contributed by atoms with Crippen molar-refractivity contribution in [3.8, 4) is 0 Å². The minimum absolute atomic E-state index is 0.343. The molecule has 0 radical (unpaired) electrons. The maximum absolute atomic E-state index is 13.9. The van der Waals surface area contributed by atoms with E-state index in [0.29, 0.717) is 5.56 Å². The normalized spacial score (nSPS) is 16.6. The van der Waals surface area contributed by atoms with E-state index < -0.39 is 6.10 Å². The second kappa shape index (κ2) is 5.96. The Morgan fingerprint density at radius 1 is 1.15 bits per heavy atom. The Hall–Kier alpha value is -0.710. The molecule has 0 aliphatic heterocycles. The number of halogens is 2. The summed E-state index contributed by atoms with van der Waals surface area (Å²) in [5.41, 5.74) is 1.69. The predicted octanol–water partition coefficient (Wildman–Crippen LogP) is 5.00. The average molecular weight is 355 g/mol. The maximum atomic E-state index is 13.9. The number of benzene rings is 1. The van der Waals surface area contributed by atoms with Crippen LogP contribution in [0, 0.1) is 5.82 Å². The molecular weight excluding hydrogens is 339 g/mol. The van der Waals surface area contributed by atoms with Gasteiger partial charge in [-0.05, 0) is 55.5 Å². The zero-order chi connectivity index (χ0) is 14.1. The average Bonchev–Trinajstić information content (AvgIpc) is 2.72. The van der Waals surface area contributed by atoms with Gasteiger partial charge in [0.05, 0.1) is 0 Å². The summed E-state index contributed by atoms with van der Waals surface area (Å²) in [6.07, 6.45) is 5.01. The first-order valence-corrected chi connectivity index (χ1v) is 8.50. The van der Waals surface area contributed by atoms with Crippen LogP contribution in [0.1, 0.15) is 46.2 Å². The molecule has 1 aliphatic rings. The summed E-state index contributed by atoms with van der Waals surface area (Å²) in [6.45, 7) is 0. The highest BCUT2D eigenvalue weighted by Crippen LogP contribution is 2.36. The molecular formula is C16H16BrFOS. The third kappa shape index (κ3) is 2.83. The third-order valence-corrected chi connectivity index (χ3v) is 5.57. The van der Waals surface area contributed by atoms with E-state index in [2.05, 4.69) is 22.0 Å². The van der Waals surface area contributed by atoms with Gasteiger partial charge in [-0.2, -0.15) is 0 Å². The van der Waals surface area contributed by atoms with Crippen LogP contribution in [0.15, 0.2) is 28.7 Å². The van der Waals surface area contributed by atoms with Crippen LogP contribution in [-0.2, 0) is 12.8 Å². The zero-order valence-electron chi connectivity index (χ0n) is 11.0. The molecule has 2 aromatic rings. The van der Waals surface area contributed by atoms with Gasteiger partial charge in [0.1, 0.15) is 11.9 Å². The van der Waals surface area contributed by atoms with Gasteiger partial charge in [-0.15, -0.1) is 11.3 Å². The fourth-order valence-electron chi connectivity index (χ4n) is 2.70. The third-order valence-electron chi connectivity index (χ3n) is 3.79. The maximum Gasteiger partial charge on any atom is 0.129 e. The van der Waals surface area contributed by atoms with Crippen molar-refractivity contribution in [3.05, 3.63) is 55.4 Å². The topological polar surface area (TPSA) is 20.2 Å². The van der Waals surface area contributed by atoms with E-state index in [1.165, 1.54) is 35.8 Å². The van der Waals surface area contributed by atoms with Crippen molar-refractivity contribution in [2.24, 2.45) is 0 Å². The highest BCUT2D eigenvalue weighted by Gasteiger charge is 2.20. The monoisotopic (exact) mass is 354 g/mol. The van der Waals surface area contributed by atoms with Crippen LogP contribution in [-0.4, -0.2) is 5.11 Å². The largest absolute Gasteiger partial charge is 0.383 e.